The van der Waals surface area contributed by atoms with Gasteiger partial charge in [0, 0.05) is 32.2 Å². The number of benzene rings is 1. The maximum absolute atomic E-state index is 14.9. The van der Waals surface area contributed by atoms with E-state index < -0.39 is 5.82 Å². The van der Waals surface area contributed by atoms with Gasteiger partial charge >= 0.3 is 0 Å². The molecular weight excluding hydrogens is 445 g/mol. The topological polar surface area (TPSA) is 79.0 Å². The fourth-order valence-electron chi connectivity index (χ4n) is 3.24. The van der Waals surface area contributed by atoms with Gasteiger partial charge in [-0.25, -0.2) is 4.39 Å². The van der Waals surface area contributed by atoms with Crippen molar-refractivity contribution in [3.63, 3.8) is 0 Å². The molecule has 0 spiro atoms. The Bertz CT molecular complexity index is 983. The molecule has 1 saturated heterocycles. The van der Waals surface area contributed by atoms with Crippen molar-refractivity contribution < 1.29 is 23.5 Å². The molecule has 31 heavy (non-hydrogen) atoms. The van der Waals surface area contributed by atoms with Gasteiger partial charge in [0.1, 0.15) is 12.4 Å². The summed E-state index contributed by atoms with van der Waals surface area (Å²) in [6.07, 6.45) is 0. The van der Waals surface area contributed by atoms with Crippen molar-refractivity contribution in [3.8, 4) is 0 Å². The highest BCUT2D eigenvalue weighted by molar-refractivity contribution is 7.18. The number of thiophene rings is 1. The highest BCUT2D eigenvalue weighted by Gasteiger charge is 2.24. The van der Waals surface area contributed by atoms with Crippen LogP contribution in [0.15, 0.2) is 30.3 Å². The van der Waals surface area contributed by atoms with E-state index in [1.807, 2.05) is 6.92 Å². The van der Waals surface area contributed by atoms with Crippen LogP contribution in [-0.2, 0) is 14.3 Å². The van der Waals surface area contributed by atoms with Gasteiger partial charge in [-0.2, -0.15) is 0 Å². The van der Waals surface area contributed by atoms with E-state index in [0.717, 1.165) is 0 Å². The van der Waals surface area contributed by atoms with Crippen LogP contribution in [-0.4, -0.2) is 50.6 Å². The van der Waals surface area contributed by atoms with Crippen molar-refractivity contribution in [1.29, 1.82) is 0 Å². The summed E-state index contributed by atoms with van der Waals surface area (Å²) in [5, 5.41) is 2.80. The lowest BCUT2D eigenvalue weighted by molar-refractivity contribution is -0.125. The molecule has 2 heterocycles. The number of ether oxygens (including phenoxy) is 1. The van der Waals surface area contributed by atoms with Gasteiger partial charge in [-0.1, -0.05) is 18.5 Å². The Kier molecular flexibility index (Phi) is 7.64. The van der Waals surface area contributed by atoms with Crippen molar-refractivity contribution >= 4 is 52.0 Å². The average molecular weight is 468 g/mol. The van der Waals surface area contributed by atoms with Gasteiger partial charge in [0.2, 0.25) is 5.91 Å². The molecule has 7 nitrogen and oxygen atoms in total. The minimum absolute atomic E-state index is 0.0378. The number of carbonyl (C=O) groups excluding carboxylic acids is 3. The standard InChI is InChI=1S/C21H23ClFN3O4S/c1-13(10-24-21(29)18-5-6-19(22)31-18)11-26(14(2)27)17-4-3-15(9-16(17)23)25-7-8-30-12-20(25)28/h3-6,9,13H,7-8,10-12H2,1-2H3,(H,24,29). The Morgan fingerprint density at radius 3 is 2.74 bits per heavy atom. The summed E-state index contributed by atoms with van der Waals surface area (Å²) in [7, 11) is 0. The van der Waals surface area contributed by atoms with Crippen LogP contribution in [0.5, 0.6) is 0 Å². The number of rotatable bonds is 7. The van der Waals surface area contributed by atoms with Gasteiger partial charge in [0.15, 0.2) is 0 Å². The number of hydrogen-bond donors (Lipinski definition) is 1. The predicted octanol–water partition coefficient (Wildman–Crippen LogP) is 3.32. The van der Waals surface area contributed by atoms with Gasteiger partial charge in [0.05, 0.1) is 21.5 Å². The number of nitrogens with zero attached hydrogens (tertiary/aromatic N) is 2. The normalized spacial score (nSPS) is 15.0. The highest BCUT2D eigenvalue weighted by Crippen LogP contribution is 2.27. The van der Waals surface area contributed by atoms with Crippen molar-refractivity contribution in [2.24, 2.45) is 5.92 Å². The first-order valence-electron chi connectivity index (χ1n) is 9.75. The first-order valence-corrected chi connectivity index (χ1v) is 10.9. The third kappa shape index (κ3) is 5.81. The molecule has 0 radical (unpaired) electrons. The molecule has 0 aliphatic carbocycles. The molecule has 1 aliphatic heterocycles. The van der Waals surface area contributed by atoms with Crippen LogP contribution in [0, 0.1) is 11.7 Å². The Morgan fingerprint density at radius 2 is 2.13 bits per heavy atom. The Labute approximate surface area is 188 Å². The monoisotopic (exact) mass is 467 g/mol. The Balaban J connectivity index is 1.66. The zero-order chi connectivity index (χ0) is 22.5. The van der Waals surface area contributed by atoms with Crippen LogP contribution in [0.25, 0.3) is 0 Å². The Morgan fingerprint density at radius 1 is 1.35 bits per heavy atom. The fourth-order valence-corrected chi connectivity index (χ4v) is 4.20. The van der Waals surface area contributed by atoms with Crippen LogP contribution < -0.4 is 15.1 Å². The van der Waals surface area contributed by atoms with E-state index >= 15 is 0 Å². The molecule has 1 fully saturated rings. The second-order valence-corrected chi connectivity index (χ2v) is 9.00. The molecule has 3 rings (SSSR count). The minimum Gasteiger partial charge on any atom is -0.370 e. The molecule has 10 heteroatoms. The van der Waals surface area contributed by atoms with Crippen molar-refractivity contribution in [1.82, 2.24) is 5.32 Å². The summed E-state index contributed by atoms with van der Waals surface area (Å²) in [5.74, 6) is -1.54. The lowest BCUT2D eigenvalue weighted by atomic mass is 10.1. The first-order chi connectivity index (χ1) is 14.8. The van der Waals surface area contributed by atoms with Crippen LogP contribution in [0.3, 0.4) is 0 Å². The molecule has 0 bridgehead atoms. The maximum Gasteiger partial charge on any atom is 0.261 e. The number of carbonyl (C=O) groups is 3. The summed E-state index contributed by atoms with van der Waals surface area (Å²) in [6.45, 7) is 4.43. The number of amides is 3. The fraction of sp³-hybridized carbons (Fsp3) is 0.381. The smallest absolute Gasteiger partial charge is 0.261 e. The number of morpholine rings is 1. The van der Waals surface area contributed by atoms with Gasteiger partial charge in [0.25, 0.3) is 11.8 Å². The predicted molar refractivity (Wildman–Crippen MR) is 118 cm³/mol. The second kappa shape index (κ2) is 10.2. The van der Waals surface area contributed by atoms with Crippen LogP contribution in [0.1, 0.15) is 23.5 Å². The molecule has 1 aliphatic rings. The van der Waals surface area contributed by atoms with Crippen molar-refractivity contribution in [2.45, 2.75) is 13.8 Å². The van der Waals surface area contributed by atoms with Crippen LogP contribution in [0.4, 0.5) is 15.8 Å². The van der Waals surface area contributed by atoms with E-state index in [0.29, 0.717) is 34.6 Å². The van der Waals surface area contributed by atoms with E-state index in [1.54, 1.807) is 18.2 Å². The summed E-state index contributed by atoms with van der Waals surface area (Å²) >= 11 is 7.03. The van der Waals surface area contributed by atoms with Crippen molar-refractivity contribution in [3.05, 3.63) is 45.4 Å². The Hall–Kier alpha value is -2.49. The largest absolute Gasteiger partial charge is 0.370 e. The van der Waals surface area contributed by atoms with Crippen LogP contribution >= 0.6 is 22.9 Å². The summed E-state index contributed by atoms with van der Waals surface area (Å²) in [5.41, 5.74) is 0.549. The summed E-state index contributed by atoms with van der Waals surface area (Å²) in [4.78, 5) is 39.7. The molecule has 1 unspecified atom stereocenters. The molecular formula is C21H23ClFN3O4S. The number of nitrogens with one attached hydrogen (secondary N) is 1. The van der Waals surface area contributed by atoms with E-state index in [2.05, 4.69) is 5.32 Å². The van der Waals surface area contributed by atoms with Crippen LogP contribution in [0.2, 0.25) is 4.34 Å². The number of hydrogen-bond acceptors (Lipinski definition) is 5. The third-order valence-corrected chi connectivity index (χ3v) is 6.03. The average Bonchev–Trinajstić information content (AvgIpc) is 3.17. The molecule has 3 amide bonds. The zero-order valence-corrected chi connectivity index (χ0v) is 18.8. The van der Waals surface area contributed by atoms with E-state index in [9.17, 15) is 18.8 Å². The SMILES string of the molecule is CC(=O)N(CC(C)CNC(=O)c1ccc(Cl)s1)c1ccc(N2CCOCC2=O)cc1F. The summed E-state index contributed by atoms with van der Waals surface area (Å²) < 4.78 is 20.5. The van der Waals surface area contributed by atoms with E-state index in [1.165, 1.54) is 40.2 Å². The van der Waals surface area contributed by atoms with Crippen molar-refractivity contribution in [2.75, 3.05) is 42.6 Å². The van der Waals surface area contributed by atoms with E-state index in [-0.39, 0.29) is 42.5 Å². The molecule has 1 N–H and O–H groups in total. The van der Waals surface area contributed by atoms with Gasteiger partial charge in [-0.15, -0.1) is 11.3 Å². The van der Waals surface area contributed by atoms with E-state index in [4.69, 9.17) is 16.3 Å². The molecule has 2 aromatic rings. The first kappa shape index (κ1) is 23.2. The summed E-state index contributed by atoms with van der Waals surface area (Å²) in [6, 6.07) is 7.66. The highest BCUT2D eigenvalue weighted by atomic mass is 35.5. The quantitative estimate of drug-likeness (QED) is 0.677. The number of anilines is 2. The lowest BCUT2D eigenvalue weighted by Gasteiger charge is -2.29. The lowest BCUT2D eigenvalue weighted by Crippen LogP contribution is -2.42. The molecule has 166 valence electrons. The molecule has 1 aromatic heterocycles. The second-order valence-electron chi connectivity index (χ2n) is 7.28. The minimum atomic E-state index is -0.601. The zero-order valence-electron chi connectivity index (χ0n) is 17.2. The maximum atomic E-state index is 14.9. The molecule has 1 aromatic carbocycles. The molecule has 0 saturated carbocycles. The number of halogens is 2. The van der Waals surface area contributed by atoms with Gasteiger partial charge in [-0.05, 0) is 36.2 Å². The van der Waals surface area contributed by atoms with Gasteiger partial charge < -0.3 is 19.9 Å². The van der Waals surface area contributed by atoms with Gasteiger partial charge in [-0.3, -0.25) is 14.4 Å². The molecule has 1 atom stereocenters. The third-order valence-electron chi connectivity index (χ3n) is 4.80.